The van der Waals surface area contributed by atoms with E-state index in [1.165, 1.54) is 27.9 Å². The van der Waals surface area contributed by atoms with Crippen LogP contribution in [-0.2, 0) is 22.6 Å². The molecule has 3 aromatic rings. The van der Waals surface area contributed by atoms with Crippen LogP contribution in [0.2, 0.25) is 0 Å². The number of hydrogen-bond acceptors (Lipinski definition) is 3. The molecule has 0 aliphatic carbocycles. The number of carboxylic acids is 1. The maximum Gasteiger partial charge on any atom is 0.337 e. The first-order valence-electron chi connectivity index (χ1n) is 11.9. The quantitative estimate of drug-likeness (QED) is 0.446. The van der Waals surface area contributed by atoms with Gasteiger partial charge in [-0.1, -0.05) is 47.5 Å². The lowest BCUT2D eigenvalue weighted by atomic mass is 9.83. The van der Waals surface area contributed by atoms with Gasteiger partial charge in [0.05, 0.1) is 5.60 Å². The molecule has 1 aliphatic heterocycles. The highest BCUT2D eigenvalue weighted by Crippen LogP contribution is 2.44. The number of aliphatic carboxylic acids is 1. The maximum atomic E-state index is 12.6. The van der Waals surface area contributed by atoms with Gasteiger partial charge >= 0.3 is 5.97 Å². The lowest BCUT2D eigenvalue weighted by molar-refractivity contribution is -0.160. The van der Waals surface area contributed by atoms with Gasteiger partial charge in [0.25, 0.3) is 0 Å². The number of carbonyl (C=O) groups is 1. The van der Waals surface area contributed by atoms with Crippen molar-refractivity contribution in [1.82, 2.24) is 0 Å². The summed E-state index contributed by atoms with van der Waals surface area (Å²) in [6, 6.07) is 17.0. The monoisotopic (exact) mass is 457 g/mol. The molecular weight excluding hydrogens is 422 g/mol. The number of anilines is 1. The van der Waals surface area contributed by atoms with Gasteiger partial charge in [-0.2, -0.15) is 0 Å². The van der Waals surface area contributed by atoms with Crippen molar-refractivity contribution in [2.75, 3.05) is 4.90 Å². The molecule has 1 heterocycles. The highest BCUT2D eigenvalue weighted by Gasteiger charge is 2.35. The van der Waals surface area contributed by atoms with E-state index >= 15 is 0 Å². The predicted molar refractivity (Wildman–Crippen MR) is 138 cm³/mol. The summed E-state index contributed by atoms with van der Waals surface area (Å²) in [6.07, 6.45) is -1.05. The van der Waals surface area contributed by atoms with Gasteiger partial charge in [-0.05, 0) is 94.0 Å². The minimum Gasteiger partial charge on any atom is -0.479 e. The molecule has 0 fully saturated rings. The van der Waals surface area contributed by atoms with Crippen LogP contribution in [0.15, 0.2) is 48.5 Å². The topological polar surface area (TPSA) is 49.8 Å². The van der Waals surface area contributed by atoms with Crippen LogP contribution in [-0.4, -0.2) is 16.7 Å². The normalized spacial score (nSPS) is 14.3. The second kappa shape index (κ2) is 8.92. The molecular formula is C30H35NO3. The van der Waals surface area contributed by atoms with Crippen molar-refractivity contribution in [3.8, 4) is 11.1 Å². The zero-order valence-electron chi connectivity index (χ0n) is 21.3. The van der Waals surface area contributed by atoms with E-state index in [1.807, 2.05) is 20.8 Å². The maximum absolute atomic E-state index is 12.6. The number of nitrogens with zero attached hydrogens (tertiary/aromatic N) is 1. The first kappa shape index (κ1) is 24.0. The Morgan fingerprint density at radius 2 is 1.35 bits per heavy atom. The zero-order valence-corrected chi connectivity index (χ0v) is 21.3. The highest BCUT2D eigenvalue weighted by atomic mass is 16.5. The van der Waals surface area contributed by atoms with Crippen molar-refractivity contribution in [1.29, 1.82) is 0 Å². The van der Waals surface area contributed by atoms with E-state index in [2.05, 4.69) is 81.1 Å². The van der Waals surface area contributed by atoms with Crippen molar-refractivity contribution in [3.63, 3.8) is 0 Å². The van der Waals surface area contributed by atoms with Gasteiger partial charge in [-0.3, -0.25) is 0 Å². The van der Waals surface area contributed by atoms with Crippen molar-refractivity contribution in [2.24, 2.45) is 0 Å². The third-order valence-corrected chi connectivity index (χ3v) is 6.71. The number of fused-ring (bicyclic) bond motifs is 1. The fourth-order valence-corrected chi connectivity index (χ4v) is 4.97. The van der Waals surface area contributed by atoms with E-state index in [4.69, 9.17) is 4.74 Å². The van der Waals surface area contributed by atoms with E-state index in [0.717, 1.165) is 40.9 Å². The van der Waals surface area contributed by atoms with Crippen LogP contribution < -0.4 is 4.90 Å². The Hall–Kier alpha value is -3.11. The molecule has 4 heteroatoms. The number of hydrogen-bond donors (Lipinski definition) is 1. The Morgan fingerprint density at radius 3 is 1.85 bits per heavy atom. The molecule has 178 valence electrons. The number of benzene rings is 3. The summed E-state index contributed by atoms with van der Waals surface area (Å²) in [5.74, 6) is -0.959. The van der Waals surface area contributed by atoms with Crippen LogP contribution in [0.3, 0.4) is 0 Å². The number of ether oxygens (including phenoxy) is 1. The molecule has 0 radical (unpaired) electrons. The molecule has 0 spiro atoms. The van der Waals surface area contributed by atoms with Crippen molar-refractivity contribution < 1.29 is 14.6 Å². The van der Waals surface area contributed by atoms with Crippen LogP contribution in [0, 0.1) is 27.7 Å². The molecule has 3 aromatic carbocycles. The van der Waals surface area contributed by atoms with Crippen LogP contribution in [0.25, 0.3) is 11.1 Å². The molecule has 4 nitrogen and oxygen atoms in total. The molecule has 1 aliphatic rings. The summed E-state index contributed by atoms with van der Waals surface area (Å²) in [6.45, 7) is 15.6. The molecule has 4 rings (SSSR count). The summed E-state index contributed by atoms with van der Waals surface area (Å²) < 4.78 is 6.18. The third-order valence-electron chi connectivity index (χ3n) is 6.71. The molecule has 1 atom stereocenters. The smallest absolute Gasteiger partial charge is 0.337 e. The van der Waals surface area contributed by atoms with Crippen LogP contribution >= 0.6 is 0 Å². The number of aryl methyl sites for hydroxylation is 2. The highest BCUT2D eigenvalue weighted by molar-refractivity contribution is 5.84. The standard InChI is InChI=1S/C30H35NO3/c1-18-8-12-22(13-9-18)26-20(3)24-16-31(23-14-10-19(2)11-15-23)17-25(24)21(4)27(26)28(29(32)33)34-30(5,6)7/h8-15,28H,16-17H2,1-7H3,(H,32,33). The van der Waals surface area contributed by atoms with Crippen LogP contribution in [0.4, 0.5) is 5.69 Å². The molecule has 0 amide bonds. The summed E-state index contributed by atoms with van der Waals surface area (Å²) in [4.78, 5) is 14.9. The Morgan fingerprint density at radius 1 is 0.853 bits per heavy atom. The van der Waals surface area contributed by atoms with E-state index in [0.29, 0.717) is 0 Å². The Labute approximate surface area is 203 Å². The van der Waals surface area contributed by atoms with E-state index < -0.39 is 17.7 Å². The summed E-state index contributed by atoms with van der Waals surface area (Å²) >= 11 is 0. The SMILES string of the molecule is Cc1ccc(-c2c(C)c3c(c(C)c2C(OC(C)(C)C)C(=O)O)CN(c2ccc(C)cc2)C3)cc1. The van der Waals surface area contributed by atoms with Crippen molar-refractivity contribution in [3.05, 3.63) is 87.5 Å². The molecule has 1 N–H and O–H groups in total. The van der Waals surface area contributed by atoms with Gasteiger partial charge in [0.15, 0.2) is 6.10 Å². The summed E-state index contributed by atoms with van der Waals surface area (Å²) in [5.41, 5.74) is 10.4. The summed E-state index contributed by atoms with van der Waals surface area (Å²) in [5, 5.41) is 10.3. The van der Waals surface area contributed by atoms with Gasteiger partial charge in [0.1, 0.15) is 0 Å². The molecule has 0 bridgehead atoms. The number of carboxylic acid groups (broad SMARTS) is 1. The van der Waals surface area contributed by atoms with E-state index in [1.54, 1.807) is 0 Å². The third kappa shape index (κ3) is 4.60. The molecule has 34 heavy (non-hydrogen) atoms. The van der Waals surface area contributed by atoms with E-state index in [9.17, 15) is 9.90 Å². The molecule has 1 unspecified atom stereocenters. The number of rotatable bonds is 5. The Balaban J connectivity index is 1.93. The van der Waals surface area contributed by atoms with Gasteiger partial charge in [-0.25, -0.2) is 4.79 Å². The summed E-state index contributed by atoms with van der Waals surface area (Å²) in [7, 11) is 0. The van der Waals surface area contributed by atoms with Gasteiger partial charge < -0.3 is 14.7 Å². The second-order valence-corrected chi connectivity index (χ2v) is 10.5. The van der Waals surface area contributed by atoms with Crippen molar-refractivity contribution in [2.45, 2.75) is 73.3 Å². The molecule has 0 aromatic heterocycles. The Kier molecular flexibility index (Phi) is 6.30. The lowest BCUT2D eigenvalue weighted by Crippen LogP contribution is -2.28. The van der Waals surface area contributed by atoms with E-state index in [-0.39, 0.29) is 0 Å². The average molecular weight is 458 g/mol. The first-order valence-corrected chi connectivity index (χ1v) is 11.9. The Bertz CT molecular complexity index is 1220. The predicted octanol–water partition coefficient (Wildman–Crippen LogP) is 7.05. The molecule has 0 saturated heterocycles. The van der Waals surface area contributed by atoms with Crippen LogP contribution in [0.1, 0.15) is 65.8 Å². The lowest BCUT2D eigenvalue weighted by Gasteiger charge is -2.29. The second-order valence-electron chi connectivity index (χ2n) is 10.5. The van der Waals surface area contributed by atoms with Gasteiger partial charge in [-0.15, -0.1) is 0 Å². The minimum absolute atomic E-state index is 0.596. The van der Waals surface area contributed by atoms with Crippen molar-refractivity contribution >= 4 is 11.7 Å². The van der Waals surface area contributed by atoms with Gasteiger partial charge in [0.2, 0.25) is 0 Å². The fraction of sp³-hybridized carbons (Fsp3) is 0.367. The van der Waals surface area contributed by atoms with Crippen LogP contribution in [0.5, 0.6) is 0 Å². The first-order chi connectivity index (χ1) is 16.0. The van der Waals surface area contributed by atoms with Gasteiger partial charge in [0, 0.05) is 24.3 Å². The molecule has 0 saturated carbocycles. The zero-order chi connectivity index (χ0) is 24.8. The minimum atomic E-state index is -1.05. The average Bonchev–Trinajstić information content (AvgIpc) is 3.21. The fourth-order valence-electron chi connectivity index (χ4n) is 4.97. The largest absolute Gasteiger partial charge is 0.479 e.